The molecule has 2 aliphatic rings. The van der Waals surface area contributed by atoms with E-state index in [1.165, 1.54) is 0 Å². The lowest BCUT2D eigenvalue weighted by atomic mass is 9.94. The molecule has 21 heavy (non-hydrogen) atoms. The molecule has 4 nitrogen and oxygen atoms in total. The van der Waals surface area contributed by atoms with E-state index < -0.39 is 12.0 Å². The first-order valence-corrected chi connectivity index (χ1v) is 8.37. The summed E-state index contributed by atoms with van der Waals surface area (Å²) < 4.78 is 0.879. The van der Waals surface area contributed by atoms with E-state index in [2.05, 4.69) is 22.6 Å². The molecule has 112 valence electrons. The number of amides is 1. The van der Waals surface area contributed by atoms with Crippen LogP contribution < -0.4 is 0 Å². The lowest BCUT2D eigenvalue weighted by Crippen LogP contribution is -2.43. The number of carbonyl (C=O) groups is 2. The van der Waals surface area contributed by atoms with Crippen LogP contribution in [0.2, 0.25) is 0 Å². The number of aliphatic carboxylic acids is 1. The first kappa shape index (κ1) is 14.8. The van der Waals surface area contributed by atoms with Gasteiger partial charge in [0.05, 0.1) is 5.56 Å². The highest BCUT2D eigenvalue weighted by molar-refractivity contribution is 14.1. The Labute approximate surface area is 137 Å². The molecule has 3 atom stereocenters. The van der Waals surface area contributed by atoms with Gasteiger partial charge in [-0.3, -0.25) is 4.79 Å². The second kappa shape index (κ2) is 5.59. The molecular formula is C16H18INO3. The maximum atomic E-state index is 12.8. The topological polar surface area (TPSA) is 57.6 Å². The quantitative estimate of drug-likeness (QED) is 0.779. The van der Waals surface area contributed by atoms with Crippen LogP contribution >= 0.6 is 22.6 Å². The van der Waals surface area contributed by atoms with E-state index in [0.717, 1.165) is 28.4 Å². The van der Waals surface area contributed by atoms with E-state index in [-0.39, 0.29) is 11.8 Å². The molecule has 0 spiro atoms. The normalized spacial score (nSPS) is 27.7. The van der Waals surface area contributed by atoms with Gasteiger partial charge >= 0.3 is 5.97 Å². The van der Waals surface area contributed by atoms with E-state index in [1.807, 2.05) is 25.1 Å². The summed E-state index contributed by atoms with van der Waals surface area (Å²) in [5, 5.41) is 9.55. The summed E-state index contributed by atoms with van der Waals surface area (Å²) in [4.78, 5) is 26.1. The van der Waals surface area contributed by atoms with Crippen LogP contribution in [-0.4, -0.2) is 34.5 Å². The summed E-state index contributed by atoms with van der Waals surface area (Å²) in [5.74, 6) is -0.503. The minimum Gasteiger partial charge on any atom is -0.480 e. The number of aryl methyl sites for hydroxylation is 1. The molecule has 1 amide bonds. The summed E-state index contributed by atoms with van der Waals surface area (Å²) in [6.45, 7) is 2.53. The zero-order chi connectivity index (χ0) is 15.1. The zero-order valence-corrected chi connectivity index (χ0v) is 14.0. The van der Waals surface area contributed by atoms with Gasteiger partial charge in [0.1, 0.15) is 6.04 Å². The van der Waals surface area contributed by atoms with Gasteiger partial charge in [-0.15, -0.1) is 0 Å². The van der Waals surface area contributed by atoms with E-state index >= 15 is 0 Å². The monoisotopic (exact) mass is 399 g/mol. The predicted molar refractivity (Wildman–Crippen MR) is 87.2 cm³/mol. The molecule has 2 fully saturated rings. The van der Waals surface area contributed by atoms with Crippen molar-refractivity contribution in [3.63, 3.8) is 0 Å². The molecule has 0 radical (unpaired) electrons. The van der Waals surface area contributed by atoms with Crippen molar-refractivity contribution in [1.29, 1.82) is 0 Å². The number of fused-ring (bicyclic) bond motifs is 1. The van der Waals surface area contributed by atoms with E-state index in [9.17, 15) is 14.7 Å². The van der Waals surface area contributed by atoms with Crippen molar-refractivity contribution >= 4 is 34.5 Å². The molecule has 0 bridgehead atoms. The highest BCUT2D eigenvalue weighted by Gasteiger charge is 2.49. The van der Waals surface area contributed by atoms with Crippen molar-refractivity contribution in [2.45, 2.75) is 32.2 Å². The number of halogens is 1. The van der Waals surface area contributed by atoms with Gasteiger partial charge in [-0.05, 0) is 66.3 Å². The van der Waals surface area contributed by atoms with Gasteiger partial charge in [0.15, 0.2) is 0 Å². The maximum Gasteiger partial charge on any atom is 0.326 e. The smallest absolute Gasteiger partial charge is 0.326 e. The number of hydrogen-bond donors (Lipinski definition) is 1. The highest BCUT2D eigenvalue weighted by atomic mass is 127. The van der Waals surface area contributed by atoms with Gasteiger partial charge in [-0.1, -0.05) is 18.1 Å². The Morgan fingerprint density at radius 3 is 2.81 bits per heavy atom. The number of nitrogens with zero attached hydrogens (tertiary/aromatic N) is 1. The minimum absolute atomic E-state index is 0.133. The number of hydrogen-bond acceptors (Lipinski definition) is 2. The predicted octanol–water partition coefficient (Wildman–Crippen LogP) is 2.92. The van der Waals surface area contributed by atoms with Crippen molar-refractivity contribution in [2.24, 2.45) is 11.8 Å². The van der Waals surface area contributed by atoms with Gasteiger partial charge in [0, 0.05) is 10.1 Å². The maximum absolute atomic E-state index is 12.8. The van der Waals surface area contributed by atoms with Crippen LogP contribution in [-0.2, 0) is 4.79 Å². The average Bonchev–Trinajstić information content (AvgIpc) is 3.00. The largest absolute Gasteiger partial charge is 0.480 e. The number of carboxylic acids is 1. The van der Waals surface area contributed by atoms with Gasteiger partial charge in [0.2, 0.25) is 0 Å². The third kappa shape index (κ3) is 2.56. The second-order valence-corrected chi connectivity index (χ2v) is 7.24. The lowest BCUT2D eigenvalue weighted by molar-refractivity contribution is -0.142. The molecule has 3 unspecified atom stereocenters. The Morgan fingerprint density at radius 2 is 2.10 bits per heavy atom. The van der Waals surface area contributed by atoms with Crippen LogP contribution in [0, 0.1) is 22.3 Å². The SMILES string of the molecule is Cc1ccc(I)c(C(=O)N2CC3CCCC3C2C(=O)O)c1. The molecule has 0 aromatic heterocycles. The van der Waals surface area contributed by atoms with E-state index in [1.54, 1.807) is 4.90 Å². The summed E-state index contributed by atoms with van der Waals surface area (Å²) in [7, 11) is 0. The number of rotatable bonds is 2. The van der Waals surface area contributed by atoms with Crippen molar-refractivity contribution in [1.82, 2.24) is 4.90 Å². The first-order chi connectivity index (χ1) is 9.99. The van der Waals surface area contributed by atoms with Crippen molar-refractivity contribution in [3.05, 3.63) is 32.9 Å². The standard InChI is InChI=1S/C16H18INO3/c1-9-5-6-13(17)12(7-9)15(19)18-8-10-3-2-4-11(10)14(18)16(20)21/h5-7,10-11,14H,2-4,8H2,1H3,(H,20,21). The van der Waals surface area contributed by atoms with Crippen LogP contribution in [0.4, 0.5) is 0 Å². The van der Waals surface area contributed by atoms with Gasteiger partial charge < -0.3 is 10.0 Å². The van der Waals surface area contributed by atoms with Gasteiger partial charge in [-0.2, -0.15) is 0 Å². The Bertz CT molecular complexity index is 601. The first-order valence-electron chi connectivity index (χ1n) is 7.29. The van der Waals surface area contributed by atoms with Crippen molar-refractivity contribution < 1.29 is 14.7 Å². The molecular weight excluding hydrogens is 381 g/mol. The fraction of sp³-hybridized carbons (Fsp3) is 0.500. The van der Waals surface area contributed by atoms with Crippen LogP contribution in [0.15, 0.2) is 18.2 Å². The molecule has 3 rings (SSSR count). The number of carboxylic acid groups (broad SMARTS) is 1. The fourth-order valence-electron chi connectivity index (χ4n) is 3.79. The average molecular weight is 399 g/mol. The number of carbonyl (C=O) groups excluding carboxylic acids is 1. The fourth-order valence-corrected chi connectivity index (χ4v) is 4.35. The van der Waals surface area contributed by atoms with Gasteiger partial charge in [-0.25, -0.2) is 4.79 Å². The Morgan fingerprint density at radius 1 is 1.33 bits per heavy atom. The Balaban J connectivity index is 1.93. The molecule has 5 heteroatoms. The third-order valence-corrected chi connectivity index (χ3v) is 5.70. The molecule has 1 saturated heterocycles. The zero-order valence-electron chi connectivity index (χ0n) is 11.9. The highest BCUT2D eigenvalue weighted by Crippen LogP contribution is 2.42. The molecule has 1 heterocycles. The number of benzene rings is 1. The molecule has 1 aromatic carbocycles. The summed E-state index contributed by atoms with van der Waals surface area (Å²) >= 11 is 2.14. The molecule has 1 saturated carbocycles. The lowest BCUT2D eigenvalue weighted by Gasteiger charge is -2.25. The Kier molecular flexibility index (Phi) is 3.94. The van der Waals surface area contributed by atoms with Crippen molar-refractivity contribution in [2.75, 3.05) is 6.54 Å². The summed E-state index contributed by atoms with van der Waals surface area (Å²) in [6.07, 6.45) is 3.06. The summed E-state index contributed by atoms with van der Waals surface area (Å²) in [5.41, 5.74) is 1.65. The number of likely N-dealkylation sites (tertiary alicyclic amines) is 1. The molecule has 1 N–H and O–H groups in total. The molecule has 1 aliphatic carbocycles. The third-order valence-electron chi connectivity index (χ3n) is 4.76. The van der Waals surface area contributed by atoms with Crippen LogP contribution in [0.25, 0.3) is 0 Å². The minimum atomic E-state index is -0.861. The van der Waals surface area contributed by atoms with Crippen LogP contribution in [0.5, 0.6) is 0 Å². The Hall–Kier alpha value is -1.11. The molecule has 1 aromatic rings. The summed E-state index contributed by atoms with van der Waals surface area (Å²) in [6, 6.07) is 5.08. The molecule has 1 aliphatic heterocycles. The van der Waals surface area contributed by atoms with E-state index in [4.69, 9.17) is 0 Å². The van der Waals surface area contributed by atoms with Crippen LogP contribution in [0.3, 0.4) is 0 Å². The van der Waals surface area contributed by atoms with E-state index in [0.29, 0.717) is 18.0 Å². The van der Waals surface area contributed by atoms with Crippen molar-refractivity contribution in [3.8, 4) is 0 Å². The van der Waals surface area contributed by atoms with Gasteiger partial charge in [0.25, 0.3) is 5.91 Å². The second-order valence-electron chi connectivity index (χ2n) is 6.08. The van der Waals surface area contributed by atoms with Crippen LogP contribution in [0.1, 0.15) is 35.2 Å².